The predicted molar refractivity (Wildman–Crippen MR) is 93.5 cm³/mol. The third-order valence-corrected chi connectivity index (χ3v) is 3.61. The van der Waals surface area contributed by atoms with Crippen LogP contribution >= 0.6 is 0 Å². The standard InChI is InChI=1S/C19H19N3O4/c23-17(12-22-11-10-20-21-22)14-25-18-8-6-16(7-9-18)19(24)26-13-15-4-2-1-3-5-15/h1-11,17,23H,12-14H2/t17-/m0/s1. The Bertz CT molecular complexity index is 805. The number of benzene rings is 2. The molecule has 0 amide bonds. The molecule has 7 nitrogen and oxygen atoms in total. The van der Waals surface area contributed by atoms with Crippen molar-refractivity contribution in [2.75, 3.05) is 6.61 Å². The number of carbonyl (C=O) groups is 1. The highest BCUT2D eigenvalue weighted by Crippen LogP contribution is 2.14. The molecule has 1 atom stereocenters. The molecule has 26 heavy (non-hydrogen) atoms. The first-order valence-corrected chi connectivity index (χ1v) is 8.17. The summed E-state index contributed by atoms with van der Waals surface area (Å²) < 4.78 is 12.3. The molecule has 1 N–H and O–H groups in total. The van der Waals surface area contributed by atoms with Gasteiger partial charge in [0.05, 0.1) is 18.3 Å². The monoisotopic (exact) mass is 353 g/mol. The van der Waals surface area contributed by atoms with Crippen LogP contribution in [-0.4, -0.2) is 38.8 Å². The third kappa shape index (κ3) is 5.15. The van der Waals surface area contributed by atoms with E-state index in [1.165, 1.54) is 4.68 Å². The fourth-order valence-corrected chi connectivity index (χ4v) is 2.28. The zero-order valence-electron chi connectivity index (χ0n) is 14.1. The van der Waals surface area contributed by atoms with Gasteiger partial charge in [0, 0.05) is 6.20 Å². The van der Waals surface area contributed by atoms with Crippen molar-refractivity contribution in [1.82, 2.24) is 15.0 Å². The summed E-state index contributed by atoms with van der Waals surface area (Å²) in [5, 5.41) is 17.4. The van der Waals surface area contributed by atoms with Crippen molar-refractivity contribution < 1.29 is 19.4 Å². The van der Waals surface area contributed by atoms with Crippen molar-refractivity contribution in [2.24, 2.45) is 0 Å². The molecule has 0 aliphatic carbocycles. The van der Waals surface area contributed by atoms with E-state index in [4.69, 9.17) is 9.47 Å². The number of hydrogen-bond acceptors (Lipinski definition) is 6. The number of esters is 1. The second kappa shape index (κ2) is 8.77. The average molecular weight is 353 g/mol. The maximum absolute atomic E-state index is 12.1. The highest BCUT2D eigenvalue weighted by molar-refractivity contribution is 5.89. The number of ether oxygens (including phenoxy) is 2. The molecule has 3 rings (SSSR count). The summed E-state index contributed by atoms with van der Waals surface area (Å²) in [5.74, 6) is 0.161. The topological polar surface area (TPSA) is 86.5 Å². The molecule has 2 aromatic carbocycles. The summed E-state index contributed by atoms with van der Waals surface area (Å²) in [7, 11) is 0. The number of aliphatic hydroxyl groups is 1. The third-order valence-electron chi connectivity index (χ3n) is 3.61. The van der Waals surface area contributed by atoms with Crippen LogP contribution in [0.5, 0.6) is 5.75 Å². The van der Waals surface area contributed by atoms with E-state index in [0.717, 1.165) is 5.56 Å². The van der Waals surface area contributed by atoms with E-state index in [2.05, 4.69) is 10.3 Å². The molecule has 0 saturated carbocycles. The maximum atomic E-state index is 12.1. The van der Waals surface area contributed by atoms with Crippen LogP contribution in [0.25, 0.3) is 0 Å². The van der Waals surface area contributed by atoms with Crippen molar-refractivity contribution in [1.29, 1.82) is 0 Å². The fourth-order valence-electron chi connectivity index (χ4n) is 2.28. The van der Waals surface area contributed by atoms with E-state index in [0.29, 0.717) is 17.9 Å². The van der Waals surface area contributed by atoms with Crippen molar-refractivity contribution >= 4 is 5.97 Å². The van der Waals surface area contributed by atoms with Crippen molar-refractivity contribution in [3.63, 3.8) is 0 Å². The minimum absolute atomic E-state index is 0.109. The van der Waals surface area contributed by atoms with Gasteiger partial charge in [-0.15, -0.1) is 5.10 Å². The van der Waals surface area contributed by atoms with Crippen LogP contribution in [0, 0.1) is 0 Å². The van der Waals surface area contributed by atoms with Crippen LogP contribution in [0.2, 0.25) is 0 Å². The molecule has 0 spiro atoms. The second-order valence-electron chi connectivity index (χ2n) is 5.68. The quantitative estimate of drug-likeness (QED) is 0.624. The van der Waals surface area contributed by atoms with E-state index >= 15 is 0 Å². The van der Waals surface area contributed by atoms with Gasteiger partial charge in [-0.05, 0) is 29.8 Å². The zero-order chi connectivity index (χ0) is 18.2. The second-order valence-corrected chi connectivity index (χ2v) is 5.68. The molecule has 1 aromatic heterocycles. The first-order chi connectivity index (χ1) is 12.7. The molecular formula is C19H19N3O4. The predicted octanol–water partition coefficient (Wildman–Crippen LogP) is 2.07. The van der Waals surface area contributed by atoms with Crippen molar-refractivity contribution in [2.45, 2.75) is 19.3 Å². The van der Waals surface area contributed by atoms with Gasteiger partial charge in [-0.2, -0.15) is 0 Å². The summed E-state index contributed by atoms with van der Waals surface area (Å²) in [6.07, 6.45) is 2.50. The van der Waals surface area contributed by atoms with E-state index in [-0.39, 0.29) is 13.2 Å². The molecule has 7 heteroatoms. The summed E-state index contributed by atoms with van der Waals surface area (Å²) in [6, 6.07) is 16.1. The number of nitrogens with zero attached hydrogens (tertiary/aromatic N) is 3. The molecule has 0 radical (unpaired) electrons. The lowest BCUT2D eigenvalue weighted by molar-refractivity contribution is 0.0472. The Hall–Kier alpha value is -3.19. The molecule has 0 fully saturated rings. The Morgan fingerprint density at radius 2 is 1.88 bits per heavy atom. The lowest BCUT2D eigenvalue weighted by atomic mass is 10.2. The molecule has 134 valence electrons. The highest BCUT2D eigenvalue weighted by atomic mass is 16.5. The summed E-state index contributed by atoms with van der Waals surface area (Å²) in [5.41, 5.74) is 1.37. The smallest absolute Gasteiger partial charge is 0.338 e. The molecular weight excluding hydrogens is 334 g/mol. The van der Waals surface area contributed by atoms with Gasteiger partial charge in [-0.3, -0.25) is 0 Å². The lowest BCUT2D eigenvalue weighted by Gasteiger charge is -2.12. The molecule has 0 aliphatic heterocycles. The van der Waals surface area contributed by atoms with Crippen LogP contribution < -0.4 is 4.74 Å². The number of hydrogen-bond donors (Lipinski definition) is 1. The van der Waals surface area contributed by atoms with Gasteiger partial charge < -0.3 is 14.6 Å². The Morgan fingerprint density at radius 1 is 1.12 bits per heavy atom. The largest absolute Gasteiger partial charge is 0.491 e. The molecule has 0 unspecified atom stereocenters. The van der Waals surface area contributed by atoms with E-state index in [9.17, 15) is 9.90 Å². The molecule has 0 aliphatic rings. The Labute approximate surface area is 150 Å². The number of aromatic nitrogens is 3. The minimum atomic E-state index is -0.716. The Morgan fingerprint density at radius 3 is 2.58 bits per heavy atom. The van der Waals surface area contributed by atoms with E-state index in [1.54, 1.807) is 36.7 Å². The van der Waals surface area contributed by atoms with Gasteiger partial charge in [-0.25, -0.2) is 9.48 Å². The van der Waals surface area contributed by atoms with Crippen LogP contribution in [0.4, 0.5) is 0 Å². The molecule has 0 saturated heterocycles. The van der Waals surface area contributed by atoms with Gasteiger partial charge in [0.1, 0.15) is 25.1 Å². The normalized spacial score (nSPS) is 11.7. The Balaban J connectivity index is 1.46. The van der Waals surface area contributed by atoms with E-state index in [1.807, 2.05) is 30.3 Å². The molecule has 1 heterocycles. The van der Waals surface area contributed by atoms with Gasteiger partial charge in [-0.1, -0.05) is 35.5 Å². The maximum Gasteiger partial charge on any atom is 0.338 e. The lowest BCUT2D eigenvalue weighted by Crippen LogP contribution is -2.23. The average Bonchev–Trinajstić information content (AvgIpc) is 3.18. The number of aliphatic hydroxyl groups excluding tert-OH is 1. The minimum Gasteiger partial charge on any atom is -0.491 e. The van der Waals surface area contributed by atoms with Gasteiger partial charge in [0.2, 0.25) is 0 Å². The van der Waals surface area contributed by atoms with Crippen LogP contribution in [0.15, 0.2) is 67.0 Å². The first-order valence-electron chi connectivity index (χ1n) is 8.17. The van der Waals surface area contributed by atoms with Crippen molar-refractivity contribution in [3.05, 3.63) is 78.1 Å². The summed E-state index contributed by atoms with van der Waals surface area (Å²) in [4.78, 5) is 12.1. The number of carbonyl (C=O) groups excluding carboxylic acids is 1. The first kappa shape index (κ1) is 17.6. The van der Waals surface area contributed by atoms with Crippen LogP contribution in [0.1, 0.15) is 15.9 Å². The molecule has 0 bridgehead atoms. The van der Waals surface area contributed by atoms with Crippen LogP contribution in [0.3, 0.4) is 0 Å². The van der Waals surface area contributed by atoms with Crippen LogP contribution in [-0.2, 0) is 17.9 Å². The number of rotatable bonds is 8. The zero-order valence-corrected chi connectivity index (χ0v) is 14.1. The summed E-state index contributed by atoms with van der Waals surface area (Å²) in [6.45, 7) is 0.633. The Kier molecular flexibility index (Phi) is 5.95. The molecule has 3 aromatic rings. The van der Waals surface area contributed by atoms with Gasteiger partial charge in [0.15, 0.2) is 0 Å². The fraction of sp³-hybridized carbons (Fsp3) is 0.211. The van der Waals surface area contributed by atoms with Gasteiger partial charge in [0.25, 0.3) is 0 Å². The summed E-state index contributed by atoms with van der Waals surface area (Å²) >= 11 is 0. The van der Waals surface area contributed by atoms with E-state index < -0.39 is 12.1 Å². The highest BCUT2D eigenvalue weighted by Gasteiger charge is 2.10. The van der Waals surface area contributed by atoms with Gasteiger partial charge >= 0.3 is 5.97 Å². The van der Waals surface area contributed by atoms with Crippen molar-refractivity contribution in [3.8, 4) is 5.75 Å². The SMILES string of the molecule is O=C(OCc1ccccc1)c1ccc(OC[C@@H](O)Cn2ccnn2)cc1.